The van der Waals surface area contributed by atoms with E-state index in [0.29, 0.717) is 17.0 Å². The van der Waals surface area contributed by atoms with E-state index in [9.17, 15) is 4.79 Å². The summed E-state index contributed by atoms with van der Waals surface area (Å²) in [4.78, 5) is 11.5. The van der Waals surface area contributed by atoms with Crippen molar-refractivity contribution in [1.82, 2.24) is 0 Å². The number of carbonyl (C=O) groups excluding carboxylic acids is 1. The summed E-state index contributed by atoms with van der Waals surface area (Å²) in [6.07, 6.45) is 0.748. The largest absolute Gasteiger partial charge is 0.496 e. The predicted molar refractivity (Wildman–Crippen MR) is 58.1 cm³/mol. The molecular formula is C11H15NO3. The summed E-state index contributed by atoms with van der Waals surface area (Å²) in [7, 11) is 2.85. The Morgan fingerprint density at radius 2 is 2.07 bits per heavy atom. The van der Waals surface area contributed by atoms with Crippen LogP contribution >= 0.6 is 0 Å². The van der Waals surface area contributed by atoms with Gasteiger partial charge in [-0.25, -0.2) is 4.79 Å². The highest BCUT2D eigenvalue weighted by molar-refractivity contribution is 5.94. The van der Waals surface area contributed by atoms with Crippen LogP contribution in [0, 0.1) is 0 Å². The zero-order valence-corrected chi connectivity index (χ0v) is 9.16. The van der Waals surface area contributed by atoms with Crippen molar-refractivity contribution in [2.24, 2.45) is 0 Å². The van der Waals surface area contributed by atoms with Gasteiger partial charge in [0.15, 0.2) is 0 Å². The van der Waals surface area contributed by atoms with E-state index < -0.39 is 5.97 Å². The molecule has 4 heteroatoms. The molecule has 1 aromatic carbocycles. The van der Waals surface area contributed by atoms with E-state index >= 15 is 0 Å². The van der Waals surface area contributed by atoms with E-state index in [1.165, 1.54) is 14.2 Å². The van der Waals surface area contributed by atoms with Crippen LogP contribution < -0.4 is 10.5 Å². The van der Waals surface area contributed by atoms with Gasteiger partial charge in [-0.2, -0.15) is 0 Å². The first-order valence-electron chi connectivity index (χ1n) is 4.68. The Hall–Kier alpha value is -1.71. The van der Waals surface area contributed by atoms with Crippen LogP contribution in [0.3, 0.4) is 0 Å². The molecule has 0 unspecified atom stereocenters. The Balaban J connectivity index is 3.35. The number of nitrogens with two attached hydrogens (primary N) is 1. The molecule has 0 spiro atoms. The van der Waals surface area contributed by atoms with Crippen molar-refractivity contribution < 1.29 is 14.3 Å². The number of hydrogen-bond acceptors (Lipinski definition) is 4. The molecule has 0 atom stereocenters. The van der Waals surface area contributed by atoms with E-state index in [-0.39, 0.29) is 0 Å². The van der Waals surface area contributed by atoms with Crippen LogP contribution in [-0.2, 0) is 11.2 Å². The first kappa shape index (κ1) is 11.4. The van der Waals surface area contributed by atoms with E-state index in [1.807, 2.05) is 6.92 Å². The zero-order valence-electron chi connectivity index (χ0n) is 9.16. The maximum atomic E-state index is 11.5. The van der Waals surface area contributed by atoms with Crippen molar-refractivity contribution in [2.45, 2.75) is 13.3 Å². The van der Waals surface area contributed by atoms with Crippen molar-refractivity contribution in [3.05, 3.63) is 23.3 Å². The summed E-state index contributed by atoms with van der Waals surface area (Å²) in [5.74, 6) is 0.104. The molecule has 15 heavy (non-hydrogen) atoms. The molecule has 82 valence electrons. The van der Waals surface area contributed by atoms with Crippen LogP contribution in [0.2, 0.25) is 0 Å². The molecule has 0 aliphatic heterocycles. The van der Waals surface area contributed by atoms with Crippen molar-refractivity contribution in [3.8, 4) is 5.75 Å². The van der Waals surface area contributed by atoms with Crippen molar-refractivity contribution in [2.75, 3.05) is 20.0 Å². The molecule has 1 aromatic rings. The highest BCUT2D eigenvalue weighted by Gasteiger charge is 2.16. The monoisotopic (exact) mass is 209 g/mol. The van der Waals surface area contributed by atoms with Gasteiger partial charge in [-0.1, -0.05) is 6.92 Å². The minimum atomic E-state index is -0.436. The molecule has 0 amide bonds. The van der Waals surface area contributed by atoms with Gasteiger partial charge in [-0.3, -0.25) is 0 Å². The Kier molecular flexibility index (Phi) is 3.55. The Morgan fingerprint density at radius 1 is 1.40 bits per heavy atom. The van der Waals surface area contributed by atoms with Crippen molar-refractivity contribution in [1.29, 1.82) is 0 Å². The molecule has 0 aliphatic rings. The lowest BCUT2D eigenvalue weighted by Gasteiger charge is -2.12. The molecule has 0 heterocycles. The van der Waals surface area contributed by atoms with Gasteiger partial charge in [0, 0.05) is 5.69 Å². The minimum absolute atomic E-state index is 0.372. The molecule has 0 fully saturated rings. The fourth-order valence-corrected chi connectivity index (χ4v) is 1.48. The quantitative estimate of drug-likeness (QED) is 0.607. The van der Waals surface area contributed by atoms with E-state index in [0.717, 1.165) is 12.0 Å². The Bertz CT molecular complexity index is 374. The number of aryl methyl sites for hydroxylation is 1. The van der Waals surface area contributed by atoms with E-state index in [4.69, 9.17) is 10.5 Å². The van der Waals surface area contributed by atoms with Gasteiger partial charge in [-0.15, -0.1) is 0 Å². The third-order valence-electron chi connectivity index (χ3n) is 2.18. The zero-order chi connectivity index (χ0) is 11.4. The Morgan fingerprint density at radius 3 is 2.53 bits per heavy atom. The van der Waals surface area contributed by atoms with E-state index in [1.54, 1.807) is 12.1 Å². The number of nitrogen functional groups attached to an aromatic ring is 1. The minimum Gasteiger partial charge on any atom is -0.496 e. The fraction of sp³-hybridized carbons (Fsp3) is 0.364. The lowest BCUT2D eigenvalue weighted by Crippen LogP contribution is -2.07. The van der Waals surface area contributed by atoms with Gasteiger partial charge in [0.1, 0.15) is 11.3 Å². The molecule has 4 nitrogen and oxygen atoms in total. The highest BCUT2D eigenvalue weighted by atomic mass is 16.5. The SMILES string of the molecule is CCc1cc(N)cc(C(=O)OC)c1OC. The number of carbonyl (C=O) groups is 1. The summed E-state index contributed by atoms with van der Waals surface area (Å²) in [6.45, 7) is 1.97. The van der Waals surface area contributed by atoms with Crippen molar-refractivity contribution in [3.63, 3.8) is 0 Å². The normalized spacial score (nSPS) is 9.80. The summed E-state index contributed by atoms with van der Waals surface area (Å²) < 4.78 is 9.85. The third kappa shape index (κ3) is 2.21. The average molecular weight is 209 g/mol. The summed E-state index contributed by atoms with van der Waals surface area (Å²) in [5.41, 5.74) is 7.50. The Labute approximate surface area is 89.0 Å². The van der Waals surface area contributed by atoms with Crippen LogP contribution in [-0.4, -0.2) is 20.2 Å². The molecule has 0 saturated heterocycles. The molecule has 0 radical (unpaired) electrons. The standard InChI is InChI=1S/C11H15NO3/c1-4-7-5-8(12)6-9(10(7)14-2)11(13)15-3/h5-6H,4,12H2,1-3H3. The lowest BCUT2D eigenvalue weighted by molar-refractivity contribution is 0.0597. The van der Waals surface area contributed by atoms with Gasteiger partial charge in [0.05, 0.1) is 14.2 Å². The number of ether oxygens (including phenoxy) is 2. The highest BCUT2D eigenvalue weighted by Crippen LogP contribution is 2.28. The number of rotatable bonds is 3. The van der Waals surface area contributed by atoms with Gasteiger partial charge >= 0.3 is 5.97 Å². The predicted octanol–water partition coefficient (Wildman–Crippen LogP) is 1.63. The number of hydrogen-bond donors (Lipinski definition) is 1. The second kappa shape index (κ2) is 4.68. The molecule has 2 N–H and O–H groups in total. The van der Waals surface area contributed by atoms with Crippen LogP contribution in [0.15, 0.2) is 12.1 Å². The molecular weight excluding hydrogens is 194 g/mol. The number of anilines is 1. The van der Waals surface area contributed by atoms with Gasteiger partial charge in [-0.05, 0) is 24.1 Å². The first-order chi connectivity index (χ1) is 7.13. The molecule has 1 rings (SSSR count). The summed E-state index contributed by atoms with van der Waals surface area (Å²) in [5, 5.41) is 0. The molecule has 0 aromatic heterocycles. The summed E-state index contributed by atoms with van der Waals surface area (Å²) >= 11 is 0. The third-order valence-corrected chi connectivity index (χ3v) is 2.18. The van der Waals surface area contributed by atoms with Gasteiger partial charge in [0.2, 0.25) is 0 Å². The van der Waals surface area contributed by atoms with Crippen LogP contribution in [0.5, 0.6) is 5.75 Å². The molecule has 0 aliphatic carbocycles. The lowest BCUT2D eigenvalue weighted by atomic mass is 10.1. The molecule has 0 saturated carbocycles. The molecule has 0 bridgehead atoms. The summed E-state index contributed by atoms with van der Waals surface area (Å²) in [6, 6.07) is 3.36. The smallest absolute Gasteiger partial charge is 0.341 e. The second-order valence-electron chi connectivity index (χ2n) is 3.11. The number of esters is 1. The van der Waals surface area contributed by atoms with Gasteiger partial charge in [0.25, 0.3) is 0 Å². The van der Waals surface area contributed by atoms with Gasteiger partial charge < -0.3 is 15.2 Å². The van der Waals surface area contributed by atoms with Crippen LogP contribution in [0.1, 0.15) is 22.8 Å². The van der Waals surface area contributed by atoms with Crippen LogP contribution in [0.25, 0.3) is 0 Å². The van der Waals surface area contributed by atoms with Crippen LogP contribution in [0.4, 0.5) is 5.69 Å². The fourth-order valence-electron chi connectivity index (χ4n) is 1.48. The first-order valence-corrected chi connectivity index (χ1v) is 4.68. The number of methoxy groups -OCH3 is 2. The van der Waals surface area contributed by atoms with Crippen molar-refractivity contribution >= 4 is 11.7 Å². The maximum Gasteiger partial charge on any atom is 0.341 e. The van der Waals surface area contributed by atoms with E-state index in [2.05, 4.69) is 4.74 Å². The maximum absolute atomic E-state index is 11.5. The number of benzene rings is 1. The topological polar surface area (TPSA) is 61.6 Å². The average Bonchev–Trinajstić information content (AvgIpc) is 2.26. The second-order valence-corrected chi connectivity index (χ2v) is 3.11.